The number of rotatable bonds is 6. The second kappa shape index (κ2) is 9.59. The Morgan fingerprint density at radius 1 is 0.962 bits per heavy atom. The molecule has 12 heteroatoms. The van der Waals surface area contributed by atoms with Crippen LogP contribution in [-0.2, 0) is 42.9 Å². The van der Waals surface area contributed by atoms with Gasteiger partial charge in [0, 0.05) is 38.0 Å². The van der Waals surface area contributed by atoms with Gasteiger partial charge in [0.2, 0.25) is 0 Å². The van der Waals surface area contributed by atoms with Crippen molar-refractivity contribution in [1.29, 1.82) is 0 Å². The lowest BCUT2D eigenvalue weighted by Gasteiger charge is -2.43. The third-order valence-corrected chi connectivity index (χ3v) is 2.99. The molecule has 0 amide bonds. The molecule has 1 aliphatic heterocycles. The Kier molecular flexibility index (Phi) is 5.68. The van der Waals surface area contributed by atoms with E-state index in [1.807, 2.05) is 0 Å². The summed E-state index contributed by atoms with van der Waals surface area (Å²) in [5.41, 5.74) is 8.78. The molecule has 1 aliphatic rings. The summed E-state index contributed by atoms with van der Waals surface area (Å²) in [4.78, 5) is 49.0. The molecule has 0 bridgehead atoms. The Balaban J connectivity index is 3.35. The van der Waals surface area contributed by atoms with Crippen molar-refractivity contribution in [2.75, 3.05) is 6.61 Å². The number of hydrogen-bond donors (Lipinski definition) is 0. The number of esters is 4. The summed E-state index contributed by atoms with van der Waals surface area (Å²) in [6.07, 6.45) is -7.97. The van der Waals surface area contributed by atoms with Crippen LogP contribution in [0.5, 0.6) is 0 Å². The number of carbonyl (C=O) groups is 4. The highest BCUT2D eigenvalue weighted by Crippen LogP contribution is 2.29. The van der Waals surface area contributed by atoms with E-state index in [9.17, 15) is 19.2 Å². The second-order valence-corrected chi connectivity index (χ2v) is 4.82. The van der Waals surface area contributed by atoms with E-state index >= 15 is 0 Å². The Labute approximate surface area is 153 Å². The first kappa shape index (κ1) is 15.4. The van der Waals surface area contributed by atoms with Gasteiger partial charge >= 0.3 is 23.9 Å². The van der Waals surface area contributed by atoms with Gasteiger partial charge in [0.25, 0.3) is 0 Å². The molecule has 1 saturated heterocycles. The van der Waals surface area contributed by atoms with E-state index in [-0.39, 0.29) is 0 Å². The van der Waals surface area contributed by atoms with Crippen molar-refractivity contribution >= 4 is 23.9 Å². The topological polar surface area (TPSA) is 163 Å². The summed E-state index contributed by atoms with van der Waals surface area (Å²) in [5, 5.41) is 3.29. The van der Waals surface area contributed by atoms with Crippen LogP contribution in [0, 0.1) is 0 Å². The Bertz CT molecular complexity index is 692. The lowest BCUT2D eigenvalue weighted by atomic mass is 9.97. The molecule has 0 aromatic carbocycles. The summed E-state index contributed by atoms with van der Waals surface area (Å²) < 4.78 is 53.5. The van der Waals surface area contributed by atoms with E-state index in [0.29, 0.717) is 0 Å². The molecular formula is C14H19N3O9. The molecular weight excluding hydrogens is 354 g/mol. The third kappa shape index (κ3) is 6.22. The fourth-order valence-electron chi connectivity index (χ4n) is 2.21. The van der Waals surface area contributed by atoms with Crippen LogP contribution in [0.15, 0.2) is 5.11 Å². The third-order valence-electron chi connectivity index (χ3n) is 2.99. The summed E-state index contributed by atoms with van der Waals surface area (Å²) in [6.45, 7) is -3.91. The molecule has 0 spiro atoms. The van der Waals surface area contributed by atoms with E-state index in [4.69, 9.17) is 34.7 Å². The molecule has 1 heterocycles. The summed E-state index contributed by atoms with van der Waals surface area (Å²) in [7, 11) is 0. The number of hydrogen-bond acceptors (Lipinski definition) is 10. The Hall–Kier alpha value is -2.85. The first-order valence-electron chi connectivity index (χ1n) is 9.74. The van der Waals surface area contributed by atoms with Crippen molar-refractivity contribution in [3.8, 4) is 0 Å². The lowest BCUT2D eigenvalue weighted by Crippen LogP contribution is -2.61. The first-order valence-corrected chi connectivity index (χ1v) is 6.91. The molecule has 0 aromatic rings. The van der Waals surface area contributed by atoms with Gasteiger partial charge in [-0.25, -0.2) is 0 Å². The predicted octanol–water partition coefficient (Wildman–Crippen LogP) is 0.380. The highest BCUT2D eigenvalue weighted by molar-refractivity contribution is 5.68. The van der Waals surface area contributed by atoms with Crippen LogP contribution in [0.3, 0.4) is 0 Å². The lowest BCUT2D eigenvalue weighted by molar-refractivity contribution is -0.251. The van der Waals surface area contributed by atoms with Crippen LogP contribution in [-0.4, -0.2) is 61.1 Å². The van der Waals surface area contributed by atoms with Crippen molar-refractivity contribution in [3.05, 3.63) is 10.4 Å². The zero-order valence-corrected chi connectivity index (χ0v) is 13.4. The Morgan fingerprint density at radius 2 is 1.50 bits per heavy atom. The van der Waals surface area contributed by atoms with Gasteiger partial charge in [0.05, 0.1) is 0 Å². The summed E-state index contributed by atoms with van der Waals surface area (Å²) in [5.74, 6) is -4.30. The van der Waals surface area contributed by atoms with Crippen LogP contribution < -0.4 is 0 Å². The van der Waals surface area contributed by atoms with Crippen molar-refractivity contribution in [2.24, 2.45) is 5.11 Å². The van der Waals surface area contributed by atoms with E-state index < -0.39 is 88.7 Å². The average molecular weight is 377 g/mol. The maximum atomic E-state index is 11.7. The first-order chi connectivity index (χ1) is 14.3. The number of carbonyl (C=O) groups excluding carboxylic acids is 4. The minimum atomic E-state index is -1.67. The predicted molar refractivity (Wildman–Crippen MR) is 81.1 cm³/mol. The summed E-state index contributed by atoms with van der Waals surface area (Å²) >= 11 is 0. The standard InChI is InChI=1S/C14H19N3O9/c1-6(18)22-5-10-11(23-7(2)19)12(24-8(3)20)13(25-9(4)21)14(26-10)16-17-15/h10-14H,5H2,1-4H3/t10-,11-,12+,13+,14?/m1/s1/i1D,2D,3D,4D. The molecule has 0 radical (unpaired) electrons. The van der Waals surface area contributed by atoms with Gasteiger partial charge in [-0.2, -0.15) is 0 Å². The molecule has 12 nitrogen and oxygen atoms in total. The maximum Gasteiger partial charge on any atom is 0.303 e. The van der Waals surface area contributed by atoms with Crippen LogP contribution >= 0.6 is 0 Å². The van der Waals surface area contributed by atoms with E-state index in [2.05, 4.69) is 10.0 Å². The van der Waals surface area contributed by atoms with E-state index in [0.717, 1.165) is 0 Å². The zero-order chi connectivity index (χ0) is 22.7. The average Bonchev–Trinajstić information content (AvgIpc) is 2.75. The fourth-order valence-corrected chi connectivity index (χ4v) is 2.21. The molecule has 1 fully saturated rings. The number of azide groups is 1. The van der Waals surface area contributed by atoms with Gasteiger partial charge < -0.3 is 23.7 Å². The normalized spacial score (nSPS) is 29.5. The van der Waals surface area contributed by atoms with Crippen LogP contribution in [0.2, 0.25) is 0 Å². The van der Waals surface area contributed by atoms with Crippen molar-refractivity contribution in [1.82, 2.24) is 0 Å². The van der Waals surface area contributed by atoms with Gasteiger partial charge in [-0.3, -0.25) is 19.2 Å². The summed E-state index contributed by atoms with van der Waals surface area (Å²) in [6, 6.07) is 0. The number of ether oxygens (including phenoxy) is 5. The van der Waals surface area contributed by atoms with Gasteiger partial charge in [-0.15, -0.1) is 0 Å². The molecule has 0 aromatic heterocycles. The minimum Gasteiger partial charge on any atom is -0.463 e. The smallest absolute Gasteiger partial charge is 0.303 e. The second-order valence-electron chi connectivity index (χ2n) is 4.82. The fraction of sp³-hybridized carbons (Fsp3) is 0.714. The maximum absolute atomic E-state index is 11.7. The van der Waals surface area contributed by atoms with Crippen LogP contribution in [0.25, 0.3) is 10.4 Å². The van der Waals surface area contributed by atoms with Crippen molar-refractivity contribution in [2.45, 2.75) is 58.2 Å². The van der Waals surface area contributed by atoms with Crippen LogP contribution in [0.1, 0.15) is 33.1 Å². The molecule has 1 rings (SSSR count). The number of nitrogens with zero attached hydrogens (tertiary/aromatic N) is 3. The van der Waals surface area contributed by atoms with Crippen molar-refractivity contribution in [3.63, 3.8) is 0 Å². The minimum absolute atomic E-state index is 0.626. The zero-order valence-electron chi connectivity index (χ0n) is 17.4. The highest BCUT2D eigenvalue weighted by atomic mass is 16.7. The molecule has 0 saturated carbocycles. The quantitative estimate of drug-likeness (QED) is 0.209. The van der Waals surface area contributed by atoms with Gasteiger partial charge in [0.1, 0.15) is 12.7 Å². The Morgan fingerprint density at radius 3 is 2.04 bits per heavy atom. The molecule has 5 atom stereocenters. The van der Waals surface area contributed by atoms with E-state index in [1.54, 1.807) is 0 Å². The molecule has 0 aliphatic carbocycles. The van der Waals surface area contributed by atoms with Crippen LogP contribution in [0.4, 0.5) is 0 Å². The SMILES string of the molecule is [2H]CC(=O)OC[C@H]1OC(N=[N+]=[N-])[C@@H](OC(=O)C[2H])[C@@H](OC(=O)C[2H])[C@@H]1OC(=O)C[2H]. The highest BCUT2D eigenvalue weighted by Gasteiger charge is 2.51. The van der Waals surface area contributed by atoms with E-state index in [1.165, 1.54) is 0 Å². The van der Waals surface area contributed by atoms with Gasteiger partial charge in [0.15, 0.2) is 24.5 Å². The largest absolute Gasteiger partial charge is 0.463 e. The van der Waals surface area contributed by atoms with Gasteiger partial charge in [-0.1, -0.05) is 5.11 Å². The monoisotopic (exact) mass is 377 g/mol. The molecule has 1 unspecified atom stereocenters. The molecule has 26 heavy (non-hydrogen) atoms. The molecule has 144 valence electrons. The van der Waals surface area contributed by atoms with Gasteiger partial charge in [-0.05, 0) is 5.53 Å². The molecule has 0 N–H and O–H groups in total. The van der Waals surface area contributed by atoms with Crippen molar-refractivity contribution < 1.29 is 48.3 Å².